The molecule has 2 aromatic carbocycles. The highest BCUT2D eigenvalue weighted by molar-refractivity contribution is 7.80. The molecule has 0 aliphatic carbocycles. The summed E-state index contributed by atoms with van der Waals surface area (Å²) in [5, 5.41) is 20.9. The van der Waals surface area contributed by atoms with Crippen LogP contribution in [0.3, 0.4) is 0 Å². The summed E-state index contributed by atoms with van der Waals surface area (Å²) in [7, 11) is 0. The molecule has 102 valence electrons. The first kappa shape index (κ1) is 14.0. The van der Waals surface area contributed by atoms with Gasteiger partial charge in [-0.25, -0.2) is 0 Å². The summed E-state index contributed by atoms with van der Waals surface area (Å²) >= 11 is 4.44. The van der Waals surface area contributed by atoms with Gasteiger partial charge in [-0.1, -0.05) is 24.3 Å². The first-order chi connectivity index (χ1) is 9.49. The number of nitro groups is 2. The van der Waals surface area contributed by atoms with Gasteiger partial charge in [0.1, 0.15) is 0 Å². The standard InChI is InChI=1S/C13H10N2O4S/c16-14(17)11-5-1-9(2-6-11)13(20)10-3-7-12(8-4-10)15(18)19/h1-8,13,20H. The van der Waals surface area contributed by atoms with Crippen LogP contribution in [0, 0.1) is 20.2 Å². The van der Waals surface area contributed by atoms with E-state index in [9.17, 15) is 20.2 Å². The number of benzene rings is 2. The Labute approximate surface area is 119 Å². The first-order valence-corrected chi connectivity index (χ1v) is 6.17. The average molecular weight is 290 g/mol. The zero-order valence-electron chi connectivity index (χ0n) is 10.2. The molecule has 2 aromatic rings. The van der Waals surface area contributed by atoms with Crippen LogP contribution in [0.5, 0.6) is 0 Å². The van der Waals surface area contributed by atoms with Crippen molar-refractivity contribution in [2.45, 2.75) is 5.25 Å². The number of nitro benzene ring substituents is 2. The predicted octanol–water partition coefficient (Wildman–Crippen LogP) is 3.52. The van der Waals surface area contributed by atoms with Crippen molar-refractivity contribution in [1.29, 1.82) is 0 Å². The topological polar surface area (TPSA) is 86.3 Å². The molecule has 0 fully saturated rings. The Morgan fingerprint density at radius 1 is 0.750 bits per heavy atom. The summed E-state index contributed by atoms with van der Waals surface area (Å²) in [6.45, 7) is 0. The van der Waals surface area contributed by atoms with Crippen LogP contribution in [0.1, 0.15) is 16.4 Å². The number of rotatable bonds is 4. The lowest BCUT2D eigenvalue weighted by Gasteiger charge is -2.11. The van der Waals surface area contributed by atoms with Crippen LogP contribution in [0.25, 0.3) is 0 Å². The van der Waals surface area contributed by atoms with Crippen molar-refractivity contribution >= 4 is 24.0 Å². The van der Waals surface area contributed by atoms with Crippen molar-refractivity contribution in [2.24, 2.45) is 0 Å². The van der Waals surface area contributed by atoms with E-state index in [1.807, 2.05) is 0 Å². The Hall–Kier alpha value is -2.41. The van der Waals surface area contributed by atoms with Gasteiger partial charge in [-0.15, -0.1) is 0 Å². The van der Waals surface area contributed by atoms with Crippen LogP contribution < -0.4 is 0 Å². The molecule has 0 saturated heterocycles. The fourth-order valence-corrected chi connectivity index (χ4v) is 2.09. The molecule has 0 unspecified atom stereocenters. The van der Waals surface area contributed by atoms with Crippen LogP contribution in [0.2, 0.25) is 0 Å². The molecular formula is C13H10N2O4S. The molecule has 0 aromatic heterocycles. The summed E-state index contributed by atoms with van der Waals surface area (Å²) in [5.74, 6) is 0. The van der Waals surface area contributed by atoms with E-state index in [1.165, 1.54) is 24.3 Å². The molecule has 0 radical (unpaired) electrons. The minimum atomic E-state index is -0.469. The van der Waals surface area contributed by atoms with E-state index in [0.717, 1.165) is 11.1 Å². The van der Waals surface area contributed by atoms with Gasteiger partial charge in [-0.3, -0.25) is 20.2 Å². The van der Waals surface area contributed by atoms with Crippen molar-refractivity contribution in [3.8, 4) is 0 Å². The lowest BCUT2D eigenvalue weighted by atomic mass is 10.0. The molecule has 0 spiro atoms. The first-order valence-electron chi connectivity index (χ1n) is 5.66. The Balaban J connectivity index is 2.24. The Morgan fingerprint density at radius 2 is 1.05 bits per heavy atom. The van der Waals surface area contributed by atoms with E-state index in [-0.39, 0.29) is 16.6 Å². The highest BCUT2D eigenvalue weighted by Gasteiger charge is 2.13. The maximum Gasteiger partial charge on any atom is 0.269 e. The number of hydrogen-bond donors (Lipinski definition) is 1. The van der Waals surface area contributed by atoms with Gasteiger partial charge in [-0.05, 0) is 11.1 Å². The van der Waals surface area contributed by atoms with Gasteiger partial charge in [-0.2, -0.15) is 12.6 Å². The Bertz CT molecular complexity index is 583. The zero-order chi connectivity index (χ0) is 14.7. The molecule has 0 amide bonds. The molecule has 0 aliphatic heterocycles. The monoisotopic (exact) mass is 290 g/mol. The molecule has 0 aliphatic rings. The molecule has 2 rings (SSSR count). The average Bonchev–Trinajstić information content (AvgIpc) is 2.46. The molecule has 20 heavy (non-hydrogen) atoms. The lowest BCUT2D eigenvalue weighted by molar-refractivity contribution is -0.385. The van der Waals surface area contributed by atoms with E-state index in [2.05, 4.69) is 12.6 Å². The summed E-state index contributed by atoms with van der Waals surface area (Å²) in [5.41, 5.74) is 1.59. The molecule has 0 heterocycles. The van der Waals surface area contributed by atoms with Crippen LogP contribution >= 0.6 is 12.6 Å². The molecule has 7 heteroatoms. The van der Waals surface area contributed by atoms with Crippen molar-refractivity contribution < 1.29 is 9.85 Å². The van der Waals surface area contributed by atoms with Gasteiger partial charge in [0.2, 0.25) is 0 Å². The van der Waals surface area contributed by atoms with Gasteiger partial charge in [0.05, 0.1) is 15.1 Å². The maximum absolute atomic E-state index is 10.6. The molecule has 6 nitrogen and oxygen atoms in total. The number of non-ortho nitro benzene ring substituents is 2. The van der Waals surface area contributed by atoms with Gasteiger partial charge in [0.25, 0.3) is 11.4 Å². The van der Waals surface area contributed by atoms with Gasteiger partial charge < -0.3 is 0 Å². The van der Waals surface area contributed by atoms with Gasteiger partial charge in [0, 0.05) is 24.3 Å². The van der Waals surface area contributed by atoms with Crippen LogP contribution in [0.15, 0.2) is 48.5 Å². The minimum Gasteiger partial charge on any atom is -0.258 e. The van der Waals surface area contributed by atoms with E-state index in [4.69, 9.17) is 0 Å². The van der Waals surface area contributed by atoms with Crippen molar-refractivity contribution in [1.82, 2.24) is 0 Å². The molecule has 0 atom stereocenters. The molecule has 0 N–H and O–H groups in total. The van der Waals surface area contributed by atoms with E-state index in [1.54, 1.807) is 24.3 Å². The third kappa shape index (κ3) is 2.94. The molecular weight excluding hydrogens is 280 g/mol. The summed E-state index contributed by atoms with van der Waals surface area (Å²) < 4.78 is 0. The third-order valence-electron chi connectivity index (χ3n) is 2.84. The van der Waals surface area contributed by atoms with Crippen LogP contribution in [-0.2, 0) is 0 Å². The summed E-state index contributed by atoms with van der Waals surface area (Å²) in [4.78, 5) is 20.2. The molecule has 0 saturated carbocycles. The highest BCUT2D eigenvalue weighted by atomic mass is 32.1. The molecule has 0 bridgehead atoms. The summed E-state index contributed by atoms with van der Waals surface area (Å²) in [6, 6.07) is 12.1. The smallest absolute Gasteiger partial charge is 0.258 e. The van der Waals surface area contributed by atoms with Gasteiger partial charge >= 0.3 is 0 Å². The normalized spacial score (nSPS) is 10.5. The third-order valence-corrected chi connectivity index (χ3v) is 3.44. The quantitative estimate of drug-likeness (QED) is 0.530. The van der Waals surface area contributed by atoms with Crippen LogP contribution in [-0.4, -0.2) is 9.85 Å². The van der Waals surface area contributed by atoms with Crippen molar-refractivity contribution in [3.63, 3.8) is 0 Å². The maximum atomic E-state index is 10.6. The highest BCUT2D eigenvalue weighted by Crippen LogP contribution is 2.30. The number of hydrogen-bond acceptors (Lipinski definition) is 5. The second kappa shape index (κ2) is 5.70. The summed E-state index contributed by atoms with van der Waals surface area (Å²) in [6.07, 6.45) is 0. The van der Waals surface area contributed by atoms with E-state index >= 15 is 0 Å². The SMILES string of the molecule is O=[N+]([O-])c1ccc(C(S)c2ccc([N+](=O)[O-])cc2)cc1. The van der Waals surface area contributed by atoms with Crippen molar-refractivity contribution in [3.05, 3.63) is 79.9 Å². The fraction of sp³-hybridized carbons (Fsp3) is 0.0769. The fourth-order valence-electron chi connectivity index (χ4n) is 1.75. The van der Waals surface area contributed by atoms with Crippen molar-refractivity contribution in [2.75, 3.05) is 0 Å². The second-order valence-corrected chi connectivity index (χ2v) is 4.62. The van der Waals surface area contributed by atoms with Crippen LogP contribution in [0.4, 0.5) is 11.4 Å². The second-order valence-electron chi connectivity index (χ2n) is 4.10. The van der Waals surface area contributed by atoms with E-state index in [0.29, 0.717) is 0 Å². The minimum absolute atomic E-state index is 0.0120. The lowest BCUT2D eigenvalue weighted by Crippen LogP contribution is -1.95. The number of thiol groups is 1. The Morgan fingerprint density at radius 3 is 1.30 bits per heavy atom. The zero-order valence-corrected chi connectivity index (χ0v) is 11.1. The predicted molar refractivity (Wildman–Crippen MR) is 77.0 cm³/mol. The number of nitrogens with zero attached hydrogens (tertiary/aromatic N) is 2. The van der Waals surface area contributed by atoms with Gasteiger partial charge in [0.15, 0.2) is 0 Å². The largest absolute Gasteiger partial charge is 0.269 e. The van der Waals surface area contributed by atoms with E-state index < -0.39 is 9.85 Å². The Kier molecular flexibility index (Phi) is 3.99.